The van der Waals surface area contributed by atoms with E-state index in [1.165, 1.54) is 19.2 Å². The predicted molar refractivity (Wildman–Crippen MR) is 151 cm³/mol. The summed E-state index contributed by atoms with van der Waals surface area (Å²) in [7, 11) is 1.50. The zero-order chi connectivity index (χ0) is 27.4. The largest absolute Gasteiger partial charge is 0.493 e. The van der Waals surface area contributed by atoms with Gasteiger partial charge < -0.3 is 14.2 Å². The minimum atomic E-state index is -0.557. The molecule has 0 spiro atoms. The van der Waals surface area contributed by atoms with Gasteiger partial charge in [-0.15, -0.1) is 0 Å². The fraction of sp³-hybridized carbons (Fsp3) is 0.0667. The first kappa shape index (κ1) is 25.9. The number of carbonyl (C=O) groups excluding carboxylic acids is 1. The number of esters is 1. The SMILES string of the molecule is COc1cc(/C=C2\N=C(c3ccc(-c4ccccc4)cc3)OC2=O)cc(Br)c1OCc1cccc([N+](=O)[O-])c1. The van der Waals surface area contributed by atoms with Crippen LogP contribution in [0, 0.1) is 10.1 Å². The molecule has 1 aliphatic rings. The maximum Gasteiger partial charge on any atom is 0.363 e. The van der Waals surface area contributed by atoms with Gasteiger partial charge in [0.2, 0.25) is 5.90 Å². The van der Waals surface area contributed by atoms with Crippen molar-refractivity contribution in [3.63, 3.8) is 0 Å². The summed E-state index contributed by atoms with van der Waals surface area (Å²) in [4.78, 5) is 27.6. The van der Waals surface area contributed by atoms with Crippen molar-refractivity contribution in [1.82, 2.24) is 0 Å². The smallest absolute Gasteiger partial charge is 0.363 e. The number of aliphatic imine (C=N–C) groups is 1. The van der Waals surface area contributed by atoms with E-state index >= 15 is 0 Å². The lowest BCUT2D eigenvalue weighted by Gasteiger charge is -2.13. The van der Waals surface area contributed by atoms with Crippen molar-refractivity contribution in [2.75, 3.05) is 7.11 Å². The highest BCUT2D eigenvalue weighted by Crippen LogP contribution is 2.38. The van der Waals surface area contributed by atoms with Crippen molar-refractivity contribution >= 4 is 39.6 Å². The molecule has 4 aromatic rings. The molecule has 0 fully saturated rings. The van der Waals surface area contributed by atoms with Crippen LogP contribution in [-0.2, 0) is 16.1 Å². The van der Waals surface area contributed by atoms with Crippen LogP contribution in [0.3, 0.4) is 0 Å². The van der Waals surface area contributed by atoms with Gasteiger partial charge in [0, 0.05) is 17.7 Å². The van der Waals surface area contributed by atoms with E-state index in [4.69, 9.17) is 14.2 Å². The van der Waals surface area contributed by atoms with Gasteiger partial charge in [-0.25, -0.2) is 9.79 Å². The number of methoxy groups -OCH3 is 1. The molecule has 0 saturated carbocycles. The summed E-state index contributed by atoms with van der Waals surface area (Å²) in [5, 5.41) is 11.0. The Morgan fingerprint density at radius 2 is 1.67 bits per heavy atom. The number of hydrogen-bond acceptors (Lipinski definition) is 7. The Morgan fingerprint density at radius 1 is 0.949 bits per heavy atom. The molecule has 9 heteroatoms. The monoisotopic (exact) mass is 584 g/mol. The van der Waals surface area contributed by atoms with Crippen LogP contribution in [0.15, 0.2) is 106 Å². The Hall–Kier alpha value is -4.76. The highest BCUT2D eigenvalue weighted by atomic mass is 79.9. The van der Waals surface area contributed by atoms with Gasteiger partial charge in [0.05, 0.1) is 16.5 Å². The number of benzene rings is 4. The standard InChI is InChI=1S/C30H21BrN2O6/c1-37-27-17-20(15-25(31)28(27)38-18-19-6-5-9-24(14-19)33(35)36)16-26-30(34)39-29(32-26)23-12-10-22(11-13-23)21-7-3-2-4-8-21/h2-17H,18H2,1H3/b26-16-. The number of nitro benzene ring substituents is 1. The molecule has 194 valence electrons. The quantitative estimate of drug-likeness (QED) is 0.0960. The first-order chi connectivity index (χ1) is 18.9. The van der Waals surface area contributed by atoms with Gasteiger partial charge in [-0.1, -0.05) is 54.6 Å². The summed E-state index contributed by atoms with van der Waals surface area (Å²) in [6.45, 7) is 0.0973. The van der Waals surface area contributed by atoms with Crippen LogP contribution in [0.2, 0.25) is 0 Å². The van der Waals surface area contributed by atoms with Crippen molar-refractivity contribution < 1.29 is 23.9 Å². The van der Waals surface area contributed by atoms with Gasteiger partial charge in [0.15, 0.2) is 17.2 Å². The molecule has 0 saturated heterocycles. The third-order valence-corrected chi connectivity index (χ3v) is 6.51. The third-order valence-electron chi connectivity index (χ3n) is 5.92. The van der Waals surface area contributed by atoms with Crippen molar-refractivity contribution in [1.29, 1.82) is 0 Å². The average molecular weight is 585 g/mol. The molecule has 0 aliphatic carbocycles. The van der Waals surface area contributed by atoms with E-state index in [2.05, 4.69) is 20.9 Å². The number of rotatable bonds is 8. The molecule has 8 nitrogen and oxygen atoms in total. The zero-order valence-corrected chi connectivity index (χ0v) is 22.3. The molecule has 5 rings (SSSR count). The molecule has 0 N–H and O–H groups in total. The number of hydrogen-bond donors (Lipinski definition) is 0. The minimum absolute atomic E-state index is 0.0142. The topological polar surface area (TPSA) is 100 Å². The fourth-order valence-corrected chi connectivity index (χ4v) is 4.58. The number of non-ortho nitro benzene ring substituents is 1. The van der Waals surface area contributed by atoms with Gasteiger partial charge in [0.1, 0.15) is 6.61 Å². The average Bonchev–Trinajstić information content (AvgIpc) is 3.32. The second-order valence-corrected chi connectivity index (χ2v) is 9.38. The molecule has 1 aliphatic heterocycles. The predicted octanol–water partition coefficient (Wildman–Crippen LogP) is 6.96. The Bertz CT molecular complexity index is 1610. The summed E-state index contributed by atoms with van der Waals surface area (Å²) in [6.07, 6.45) is 1.60. The van der Waals surface area contributed by atoms with Crippen LogP contribution in [0.5, 0.6) is 11.5 Å². The van der Waals surface area contributed by atoms with Gasteiger partial charge >= 0.3 is 5.97 Å². The lowest BCUT2D eigenvalue weighted by atomic mass is 10.0. The van der Waals surface area contributed by atoms with Crippen LogP contribution in [-0.4, -0.2) is 23.9 Å². The summed E-state index contributed by atoms with van der Waals surface area (Å²) in [5.74, 6) is 0.503. The molecule has 0 amide bonds. The highest BCUT2D eigenvalue weighted by molar-refractivity contribution is 9.10. The normalized spacial score (nSPS) is 13.6. The van der Waals surface area contributed by atoms with Gasteiger partial charge in [0.25, 0.3) is 5.69 Å². The van der Waals surface area contributed by atoms with Gasteiger partial charge in [-0.05, 0) is 68.5 Å². The lowest BCUT2D eigenvalue weighted by molar-refractivity contribution is -0.384. The molecule has 39 heavy (non-hydrogen) atoms. The molecule has 0 bridgehead atoms. The Morgan fingerprint density at radius 3 is 2.38 bits per heavy atom. The summed E-state index contributed by atoms with van der Waals surface area (Å²) < 4.78 is 17.4. The van der Waals surface area contributed by atoms with Crippen LogP contribution in [0.4, 0.5) is 5.69 Å². The summed E-state index contributed by atoms with van der Waals surface area (Å²) in [5.41, 5.74) is 4.23. The number of cyclic esters (lactones) is 1. The van der Waals surface area contributed by atoms with Gasteiger partial charge in [-0.3, -0.25) is 10.1 Å². The third kappa shape index (κ3) is 5.89. The van der Waals surface area contributed by atoms with Crippen molar-refractivity contribution in [3.05, 3.63) is 128 Å². The minimum Gasteiger partial charge on any atom is -0.493 e. The molecule has 0 atom stereocenters. The van der Waals surface area contributed by atoms with Crippen molar-refractivity contribution in [3.8, 4) is 22.6 Å². The first-order valence-corrected chi connectivity index (χ1v) is 12.6. The molecule has 0 unspecified atom stereocenters. The summed E-state index contributed by atoms with van der Waals surface area (Å²) >= 11 is 3.49. The fourth-order valence-electron chi connectivity index (χ4n) is 4.00. The molecular weight excluding hydrogens is 564 g/mol. The molecule has 4 aromatic carbocycles. The number of nitrogens with zero attached hydrogens (tertiary/aromatic N) is 2. The van der Waals surface area contributed by atoms with E-state index in [1.807, 2.05) is 54.6 Å². The first-order valence-electron chi connectivity index (χ1n) is 11.8. The number of ether oxygens (including phenoxy) is 3. The van der Waals surface area contributed by atoms with E-state index < -0.39 is 10.9 Å². The maximum absolute atomic E-state index is 12.6. The highest BCUT2D eigenvalue weighted by Gasteiger charge is 2.24. The van der Waals surface area contributed by atoms with Crippen LogP contribution in [0.25, 0.3) is 17.2 Å². The van der Waals surface area contributed by atoms with Crippen molar-refractivity contribution in [2.24, 2.45) is 4.99 Å². The maximum atomic E-state index is 12.6. The van der Waals surface area contributed by atoms with E-state index in [1.54, 1.807) is 30.3 Å². The van der Waals surface area contributed by atoms with Gasteiger partial charge in [-0.2, -0.15) is 0 Å². The molecule has 1 heterocycles. The van der Waals surface area contributed by atoms with Crippen LogP contribution < -0.4 is 9.47 Å². The number of nitro groups is 1. The Balaban J connectivity index is 1.35. The van der Waals surface area contributed by atoms with E-state index in [-0.39, 0.29) is 23.9 Å². The molecular formula is C30H21BrN2O6. The molecule has 0 aromatic heterocycles. The van der Waals surface area contributed by atoms with Crippen LogP contribution in [0.1, 0.15) is 16.7 Å². The van der Waals surface area contributed by atoms with Crippen molar-refractivity contribution in [2.45, 2.75) is 6.61 Å². The lowest BCUT2D eigenvalue weighted by Crippen LogP contribution is -2.05. The second-order valence-electron chi connectivity index (χ2n) is 8.53. The number of carbonyl (C=O) groups is 1. The second kappa shape index (κ2) is 11.3. The zero-order valence-electron chi connectivity index (χ0n) is 20.7. The van der Waals surface area contributed by atoms with Crippen LogP contribution >= 0.6 is 15.9 Å². The van der Waals surface area contributed by atoms with E-state index in [9.17, 15) is 14.9 Å². The Labute approximate surface area is 232 Å². The molecule has 0 radical (unpaired) electrons. The summed E-state index contributed by atoms with van der Waals surface area (Å²) in [6, 6.07) is 27.3. The number of halogens is 1. The van der Waals surface area contributed by atoms with E-state index in [0.717, 1.165) is 11.1 Å². The van der Waals surface area contributed by atoms with E-state index in [0.29, 0.717) is 32.7 Å². The Kier molecular flexibility index (Phi) is 7.51.